The Morgan fingerprint density at radius 1 is 0.490 bits per heavy atom. The summed E-state index contributed by atoms with van der Waals surface area (Å²) in [4.78, 5) is 2.33. The SMILES string of the molecule is CN(c1cccc(C2=CC=CCC2)c1)c1ccc(-c2ccc3c(c2)c2ccccc2n3-c2cccc(-c3ccccc3)c2)cc1-c1ccccc1. The van der Waals surface area contributed by atoms with E-state index >= 15 is 0 Å². The summed E-state index contributed by atoms with van der Waals surface area (Å²) in [5, 5.41) is 2.50. The lowest BCUT2D eigenvalue weighted by Gasteiger charge is -2.25. The van der Waals surface area contributed by atoms with E-state index in [0.29, 0.717) is 0 Å². The highest BCUT2D eigenvalue weighted by Crippen LogP contribution is 2.40. The van der Waals surface area contributed by atoms with Crippen LogP contribution >= 0.6 is 0 Å². The second-order valence-electron chi connectivity index (χ2n) is 13.4. The third kappa shape index (κ3) is 5.75. The number of aromatic nitrogens is 1. The summed E-state index contributed by atoms with van der Waals surface area (Å²) >= 11 is 0. The molecular formula is C49H38N2. The Balaban J connectivity index is 1.15. The molecule has 0 saturated heterocycles. The van der Waals surface area contributed by atoms with Crippen molar-refractivity contribution < 1.29 is 0 Å². The Morgan fingerprint density at radius 2 is 1.16 bits per heavy atom. The van der Waals surface area contributed by atoms with Gasteiger partial charge >= 0.3 is 0 Å². The number of fused-ring (bicyclic) bond motifs is 3. The van der Waals surface area contributed by atoms with Crippen molar-refractivity contribution in [1.29, 1.82) is 0 Å². The van der Waals surface area contributed by atoms with Gasteiger partial charge in [-0.15, -0.1) is 0 Å². The van der Waals surface area contributed by atoms with Gasteiger partial charge in [0.05, 0.1) is 11.0 Å². The zero-order valence-electron chi connectivity index (χ0n) is 28.7. The first-order valence-electron chi connectivity index (χ1n) is 17.8. The van der Waals surface area contributed by atoms with Gasteiger partial charge < -0.3 is 9.47 Å². The Labute approximate surface area is 299 Å². The lowest BCUT2D eigenvalue weighted by molar-refractivity contribution is 1.05. The highest BCUT2D eigenvalue weighted by atomic mass is 15.1. The van der Waals surface area contributed by atoms with Gasteiger partial charge in [-0.05, 0) is 106 Å². The fourth-order valence-electron chi connectivity index (χ4n) is 7.64. The topological polar surface area (TPSA) is 8.17 Å². The number of nitrogens with zero attached hydrogens (tertiary/aromatic N) is 2. The Kier molecular flexibility index (Phi) is 7.91. The third-order valence-electron chi connectivity index (χ3n) is 10.3. The fraction of sp³-hybridized carbons (Fsp3) is 0.0612. The number of hydrogen-bond acceptors (Lipinski definition) is 1. The summed E-state index contributed by atoms with van der Waals surface area (Å²) < 4.78 is 2.40. The molecule has 0 saturated carbocycles. The molecule has 0 radical (unpaired) electrons. The van der Waals surface area contributed by atoms with E-state index in [2.05, 4.69) is 205 Å². The molecule has 0 N–H and O–H groups in total. The predicted octanol–water partition coefficient (Wildman–Crippen LogP) is 13.3. The summed E-state index contributed by atoms with van der Waals surface area (Å²) in [5.41, 5.74) is 15.9. The standard InChI is InChI=1S/C49H38N2/c1-50(42-23-13-21-38(31-42)35-15-5-2-6-16-35)47-29-27-40(33-45(47)37-19-9-4-10-20-37)41-28-30-49-46(34-41)44-25-11-12-26-48(44)51(49)43-24-14-22-39(32-43)36-17-7-3-8-18-36/h2-5,7-15,17-34H,6,16H2,1H3. The van der Waals surface area contributed by atoms with Gasteiger partial charge in [-0.25, -0.2) is 0 Å². The lowest BCUT2D eigenvalue weighted by atomic mass is 9.95. The maximum absolute atomic E-state index is 2.40. The van der Waals surface area contributed by atoms with Gasteiger partial charge in [0, 0.05) is 40.4 Å². The number of benzene rings is 7. The van der Waals surface area contributed by atoms with Crippen LogP contribution in [0.25, 0.3) is 66.4 Å². The van der Waals surface area contributed by atoms with E-state index in [1.807, 2.05) is 0 Å². The van der Waals surface area contributed by atoms with Gasteiger partial charge in [-0.1, -0.05) is 133 Å². The number of allylic oxidation sites excluding steroid dienone is 4. The van der Waals surface area contributed by atoms with Crippen LogP contribution in [0.1, 0.15) is 18.4 Å². The minimum atomic E-state index is 1.08. The Hall–Kier alpha value is -6.38. The van der Waals surface area contributed by atoms with Crippen LogP contribution in [-0.2, 0) is 0 Å². The lowest BCUT2D eigenvalue weighted by Crippen LogP contribution is -2.11. The summed E-state index contributed by atoms with van der Waals surface area (Å²) in [5.74, 6) is 0. The van der Waals surface area contributed by atoms with Crippen LogP contribution in [-0.4, -0.2) is 11.6 Å². The van der Waals surface area contributed by atoms with Gasteiger partial charge in [0.25, 0.3) is 0 Å². The molecule has 244 valence electrons. The summed E-state index contributed by atoms with van der Waals surface area (Å²) in [6, 6.07) is 61.9. The first-order chi connectivity index (χ1) is 25.2. The zero-order valence-corrected chi connectivity index (χ0v) is 28.7. The summed E-state index contributed by atoms with van der Waals surface area (Å²) in [7, 11) is 2.18. The molecule has 2 nitrogen and oxygen atoms in total. The highest BCUT2D eigenvalue weighted by molar-refractivity contribution is 6.10. The Bertz CT molecular complexity index is 2590. The number of anilines is 2. The van der Waals surface area contributed by atoms with Crippen LogP contribution in [0.3, 0.4) is 0 Å². The van der Waals surface area contributed by atoms with Crippen molar-refractivity contribution in [2.45, 2.75) is 12.8 Å². The van der Waals surface area contributed by atoms with Gasteiger partial charge in [0.15, 0.2) is 0 Å². The molecule has 8 aromatic rings. The molecule has 2 heteroatoms. The van der Waals surface area contributed by atoms with Crippen LogP contribution in [0, 0.1) is 0 Å². The van der Waals surface area contributed by atoms with Crippen LogP contribution < -0.4 is 4.90 Å². The van der Waals surface area contributed by atoms with E-state index in [-0.39, 0.29) is 0 Å². The van der Waals surface area contributed by atoms with Crippen molar-refractivity contribution in [3.05, 3.63) is 194 Å². The zero-order chi connectivity index (χ0) is 34.1. The Morgan fingerprint density at radius 3 is 1.98 bits per heavy atom. The summed E-state index contributed by atoms with van der Waals surface area (Å²) in [6.07, 6.45) is 8.85. The molecule has 0 aliphatic heterocycles. The van der Waals surface area contributed by atoms with Crippen molar-refractivity contribution in [3.8, 4) is 39.1 Å². The first kappa shape index (κ1) is 30.7. The highest BCUT2D eigenvalue weighted by Gasteiger charge is 2.17. The van der Waals surface area contributed by atoms with Crippen molar-refractivity contribution in [3.63, 3.8) is 0 Å². The van der Waals surface area contributed by atoms with Crippen LogP contribution in [0.15, 0.2) is 188 Å². The van der Waals surface area contributed by atoms with E-state index in [0.717, 1.165) is 18.5 Å². The van der Waals surface area contributed by atoms with E-state index in [9.17, 15) is 0 Å². The molecule has 0 atom stereocenters. The van der Waals surface area contributed by atoms with E-state index in [1.54, 1.807) is 0 Å². The normalized spacial score (nSPS) is 12.7. The van der Waals surface area contributed by atoms with Crippen LogP contribution in [0.4, 0.5) is 11.4 Å². The monoisotopic (exact) mass is 654 g/mol. The molecule has 0 spiro atoms. The molecule has 7 aromatic carbocycles. The first-order valence-corrected chi connectivity index (χ1v) is 17.8. The van der Waals surface area contributed by atoms with E-state index in [1.165, 1.54) is 77.7 Å². The maximum atomic E-state index is 2.40. The molecule has 0 bridgehead atoms. The molecule has 1 heterocycles. The largest absolute Gasteiger partial charge is 0.344 e. The van der Waals surface area contributed by atoms with Crippen LogP contribution in [0.5, 0.6) is 0 Å². The summed E-state index contributed by atoms with van der Waals surface area (Å²) in [6.45, 7) is 0. The van der Waals surface area contributed by atoms with Gasteiger partial charge in [0.1, 0.15) is 0 Å². The fourth-order valence-corrected chi connectivity index (χ4v) is 7.64. The minimum Gasteiger partial charge on any atom is -0.344 e. The molecule has 0 unspecified atom stereocenters. The average molecular weight is 655 g/mol. The smallest absolute Gasteiger partial charge is 0.0541 e. The maximum Gasteiger partial charge on any atom is 0.0541 e. The van der Waals surface area contributed by atoms with Gasteiger partial charge in [-0.3, -0.25) is 0 Å². The molecular weight excluding hydrogens is 617 g/mol. The molecule has 0 amide bonds. The number of hydrogen-bond donors (Lipinski definition) is 0. The average Bonchev–Trinajstić information content (AvgIpc) is 3.55. The predicted molar refractivity (Wildman–Crippen MR) is 218 cm³/mol. The van der Waals surface area contributed by atoms with Crippen molar-refractivity contribution >= 4 is 38.8 Å². The number of rotatable bonds is 7. The number of para-hydroxylation sites is 1. The molecule has 1 aliphatic carbocycles. The molecule has 1 aliphatic rings. The van der Waals surface area contributed by atoms with Crippen molar-refractivity contribution in [1.82, 2.24) is 4.57 Å². The van der Waals surface area contributed by atoms with Gasteiger partial charge in [0.2, 0.25) is 0 Å². The molecule has 1 aromatic heterocycles. The molecule has 51 heavy (non-hydrogen) atoms. The quantitative estimate of drug-likeness (QED) is 0.166. The second kappa shape index (κ2) is 13.2. The third-order valence-corrected chi connectivity index (χ3v) is 10.3. The second-order valence-corrected chi connectivity index (χ2v) is 13.4. The van der Waals surface area contributed by atoms with E-state index in [4.69, 9.17) is 0 Å². The van der Waals surface area contributed by atoms with Crippen molar-refractivity contribution in [2.75, 3.05) is 11.9 Å². The van der Waals surface area contributed by atoms with Crippen molar-refractivity contribution in [2.24, 2.45) is 0 Å². The minimum absolute atomic E-state index is 1.08. The molecule has 9 rings (SSSR count). The van der Waals surface area contributed by atoms with Crippen LogP contribution in [0.2, 0.25) is 0 Å². The molecule has 0 fully saturated rings. The van der Waals surface area contributed by atoms with Gasteiger partial charge in [-0.2, -0.15) is 0 Å². The van der Waals surface area contributed by atoms with E-state index < -0.39 is 0 Å².